The van der Waals surface area contributed by atoms with Crippen molar-refractivity contribution in [3.63, 3.8) is 0 Å². The van der Waals surface area contributed by atoms with Crippen LogP contribution in [-0.4, -0.2) is 12.0 Å². The molecule has 0 spiro atoms. The molecule has 0 fully saturated rings. The average Bonchev–Trinajstić information content (AvgIpc) is 2.25. The third-order valence-corrected chi connectivity index (χ3v) is 2.98. The number of thioether (sulfide) groups is 1. The standard InChI is InChI=1S/C13H16OS/c1-10(2)8-9-12(14)11-6-4-5-7-13(11)15-3/h4-7H,1,8-9H2,2-3H3. The highest BCUT2D eigenvalue weighted by Gasteiger charge is 2.09. The van der Waals surface area contributed by atoms with Crippen LogP contribution in [0, 0.1) is 0 Å². The van der Waals surface area contributed by atoms with Crippen molar-refractivity contribution in [2.45, 2.75) is 24.7 Å². The molecule has 0 radical (unpaired) electrons. The van der Waals surface area contributed by atoms with Gasteiger partial charge in [-0.2, -0.15) is 0 Å². The lowest BCUT2D eigenvalue weighted by atomic mass is 10.0. The van der Waals surface area contributed by atoms with Crippen LogP contribution in [-0.2, 0) is 0 Å². The Balaban J connectivity index is 2.77. The summed E-state index contributed by atoms with van der Waals surface area (Å²) in [6.07, 6.45) is 3.33. The predicted octanol–water partition coefficient (Wildman–Crippen LogP) is 3.95. The van der Waals surface area contributed by atoms with Gasteiger partial charge in [0.1, 0.15) is 0 Å². The van der Waals surface area contributed by atoms with E-state index in [-0.39, 0.29) is 5.78 Å². The maximum atomic E-state index is 11.9. The number of allylic oxidation sites excluding steroid dienone is 1. The molecule has 0 unspecified atom stereocenters. The Labute approximate surface area is 95.6 Å². The average molecular weight is 220 g/mol. The van der Waals surface area contributed by atoms with E-state index in [9.17, 15) is 4.79 Å². The molecule has 0 aliphatic heterocycles. The largest absolute Gasteiger partial charge is 0.294 e. The Bertz CT molecular complexity index is 369. The summed E-state index contributed by atoms with van der Waals surface area (Å²) in [5, 5.41) is 0. The summed E-state index contributed by atoms with van der Waals surface area (Å²) < 4.78 is 0. The second kappa shape index (κ2) is 5.76. The molecule has 1 aromatic rings. The first kappa shape index (κ1) is 12.1. The molecule has 1 rings (SSSR count). The number of ketones is 1. The van der Waals surface area contributed by atoms with Gasteiger partial charge in [0.25, 0.3) is 0 Å². The fourth-order valence-electron chi connectivity index (χ4n) is 1.34. The second-order valence-electron chi connectivity index (χ2n) is 3.58. The number of hydrogen-bond donors (Lipinski definition) is 0. The number of rotatable bonds is 5. The van der Waals surface area contributed by atoms with E-state index in [1.807, 2.05) is 37.4 Å². The summed E-state index contributed by atoms with van der Waals surface area (Å²) in [5.74, 6) is 0.211. The molecule has 0 heterocycles. The fourth-order valence-corrected chi connectivity index (χ4v) is 1.95. The number of hydrogen-bond acceptors (Lipinski definition) is 2. The highest BCUT2D eigenvalue weighted by Crippen LogP contribution is 2.21. The van der Waals surface area contributed by atoms with E-state index in [0.29, 0.717) is 6.42 Å². The molecule has 1 nitrogen and oxygen atoms in total. The van der Waals surface area contributed by atoms with Gasteiger partial charge in [0.15, 0.2) is 5.78 Å². The zero-order valence-corrected chi connectivity index (χ0v) is 10.1. The highest BCUT2D eigenvalue weighted by atomic mass is 32.2. The molecule has 0 aliphatic rings. The normalized spacial score (nSPS) is 10.0. The van der Waals surface area contributed by atoms with Crippen LogP contribution < -0.4 is 0 Å². The Kier molecular flexibility index (Phi) is 4.63. The third-order valence-electron chi connectivity index (χ3n) is 2.19. The molecule has 0 aromatic heterocycles. The zero-order chi connectivity index (χ0) is 11.3. The van der Waals surface area contributed by atoms with E-state index in [2.05, 4.69) is 6.58 Å². The molecule has 0 atom stereocenters. The molecule has 0 saturated heterocycles. The van der Waals surface area contributed by atoms with E-state index < -0.39 is 0 Å². The van der Waals surface area contributed by atoms with Gasteiger partial charge in [0, 0.05) is 16.9 Å². The molecule has 80 valence electrons. The Morgan fingerprint density at radius 1 is 1.33 bits per heavy atom. The molecule has 0 bridgehead atoms. The monoisotopic (exact) mass is 220 g/mol. The van der Waals surface area contributed by atoms with Crippen molar-refractivity contribution in [1.29, 1.82) is 0 Å². The van der Waals surface area contributed by atoms with Crippen molar-refractivity contribution >= 4 is 17.5 Å². The van der Waals surface area contributed by atoms with Crippen LogP contribution in [0.5, 0.6) is 0 Å². The van der Waals surface area contributed by atoms with Gasteiger partial charge in [-0.15, -0.1) is 18.3 Å². The quantitative estimate of drug-likeness (QED) is 0.424. The van der Waals surface area contributed by atoms with Crippen LogP contribution in [0.15, 0.2) is 41.3 Å². The van der Waals surface area contributed by atoms with Crippen LogP contribution in [0.4, 0.5) is 0 Å². The first-order valence-corrected chi connectivity index (χ1v) is 6.18. The summed E-state index contributed by atoms with van der Waals surface area (Å²) >= 11 is 1.61. The minimum atomic E-state index is 0.211. The van der Waals surface area contributed by atoms with Crippen molar-refractivity contribution in [1.82, 2.24) is 0 Å². The Hall–Kier alpha value is -1.02. The molecule has 0 N–H and O–H groups in total. The maximum Gasteiger partial charge on any atom is 0.164 e. The number of carbonyl (C=O) groups excluding carboxylic acids is 1. The highest BCUT2D eigenvalue weighted by molar-refractivity contribution is 7.98. The van der Waals surface area contributed by atoms with Gasteiger partial charge in [-0.3, -0.25) is 4.79 Å². The molecule has 2 heteroatoms. The van der Waals surface area contributed by atoms with Crippen molar-refractivity contribution in [2.24, 2.45) is 0 Å². The van der Waals surface area contributed by atoms with Gasteiger partial charge >= 0.3 is 0 Å². The molecule has 15 heavy (non-hydrogen) atoms. The zero-order valence-electron chi connectivity index (χ0n) is 9.25. The molecule has 0 aliphatic carbocycles. The topological polar surface area (TPSA) is 17.1 Å². The molecule has 1 aromatic carbocycles. The molecular formula is C13H16OS. The first-order valence-electron chi connectivity index (χ1n) is 4.95. The van der Waals surface area contributed by atoms with Crippen molar-refractivity contribution in [3.8, 4) is 0 Å². The molecule has 0 saturated carbocycles. The minimum Gasteiger partial charge on any atom is -0.294 e. The summed E-state index contributed by atoms with van der Waals surface area (Å²) in [4.78, 5) is 12.9. The lowest BCUT2D eigenvalue weighted by Gasteiger charge is -2.05. The summed E-state index contributed by atoms with van der Waals surface area (Å²) in [5.41, 5.74) is 1.90. The van der Waals surface area contributed by atoms with Crippen molar-refractivity contribution in [3.05, 3.63) is 42.0 Å². The van der Waals surface area contributed by atoms with Crippen LogP contribution in [0.25, 0.3) is 0 Å². The van der Waals surface area contributed by atoms with Gasteiger partial charge in [-0.05, 0) is 25.7 Å². The van der Waals surface area contributed by atoms with E-state index >= 15 is 0 Å². The predicted molar refractivity (Wildman–Crippen MR) is 66.6 cm³/mol. The number of Topliss-reactive ketones (excluding diaryl/α,β-unsaturated/α-hetero) is 1. The first-order chi connectivity index (χ1) is 7.15. The van der Waals surface area contributed by atoms with Gasteiger partial charge in [0.05, 0.1) is 0 Å². The Morgan fingerprint density at radius 3 is 2.60 bits per heavy atom. The lowest BCUT2D eigenvalue weighted by molar-refractivity contribution is 0.0980. The van der Waals surface area contributed by atoms with E-state index in [1.165, 1.54) is 0 Å². The summed E-state index contributed by atoms with van der Waals surface area (Å²) in [7, 11) is 0. The van der Waals surface area contributed by atoms with Gasteiger partial charge in [0.2, 0.25) is 0 Å². The van der Waals surface area contributed by atoms with Gasteiger partial charge in [-0.25, -0.2) is 0 Å². The summed E-state index contributed by atoms with van der Waals surface area (Å²) in [6.45, 7) is 5.76. The Morgan fingerprint density at radius 2 is 2.00 bits per heavy atom. The fraction of sp³-hybridized carbons (Fsp3) is 0.308. The summed E-state index contributed by atoms with van der Waals surface area (Å²) in [6, 6.07) is 7.75. The van der Waals surface area contributed by atoms with Crippen LogP contribution >= 0.6 is 11.8 Å². The molecular weight excluding hydrogens is 204 g/mol. The molecule has 0 amide bonds. The van der Waals surface area contributed by atoms with Crippen LogP contribution in [0.2, 0.25) is 0 Å². The van der Waals surface area contributed by atoms with Gasteiger partial charge < -0.3 is 0 Å². The lowest BCUT2D eigenvalue weighted by Crippen LogP contribution is -2.00. The third kappa shape index (κ3) is 3.56. The second-order valence-corrected chi connectivity index (χ2v) is 4.43. The SMILES string of the molecule is C=C(C)CCC(=O)c1ccccc1SC. The maximum absolute atomic E-state index is 11.9. The smallest absolute Gasteiger partial charge is 0.164 e. The van der Waals surface area contributed by atoms with Crippen LogP contribution in [0.1, 0.15) is 30.1 Å². The van der Waals surface area contributed by atoms with Crippen LogP contribution in [0.3, 0.4) is 0 Å². The van der Waals surface area contributed by atoms with E-state index in [1.54, 1.807) is 11.8 Å². The van der Waals surface area contributed by atoms with E-state index in [4.69, 9.17) is 0 Å². The van der Waals surface area contributed by atoms with Crippen molar-refractivity contribution in [2.75, 3.05) is 6.26 Å². The van der Waals surface area contributed by atoms with Crippen molar-refractivity contribution < 1.29 is 4.79 Å². The minimum absolute atomic E-state index is 0.211. The number of benzene rings is 1. The van der Waals surface area contributed by atoms with E-state index in [0.717, 1.165) is 22.5 Å². The van der Waals surface area contributed by atoms with Gasteiger partial charge in [-0.1, -0.05) is 23.8 Å². The number of carbonyl (C=O) groups is 1.